The molecule has 0 aliphatic heterocycles. The van der Waals surface area contributed by atoms with Crippen LogP contribution in [-0.2, 0) is 0 Å². The van der Waals surface area contributed by atoms with Crippen molar-refractivity contribution in [3.05, 3.63) is 106 Å². The summed E-state index contributed by atoms with van der Waals surface area (Å²) in [6.07, 6.45) is 4.47. The second-order valence-corrected chi connectivity index (χ2v) is 8.86. The van der Waals surface area contributed by atoms with Crippen molar-refractivity contribution in [2.24, 2.45) is 0 Å². The number of benzene rings is 3. The molecule has 0 aliphatic rings. The van der Waals surface area contributed by atoms with Crippen LogP contribution in [0.2, 0.25) is 15.4 Å². The third kappa shape index (κ3) is 5.76. The molecule has 0 amide bonds. The molecule has 1 unspecified atom stereocenters. The summed E-state index contributed by atoms with van der Waals surface area (Å²) in [5.74, 6) is 0.369. The van der Waals surface area contributed by atoms with E-state index in [9.17, 15) is 0 Å². The first-order valence-electron chi connectivity index (χ1n) is 8.08. The van der Waals surface area contributed by atoms with Gasteiger partial charge in [-0.3, -0.25) is 0 Å². The Hall–Kier alpha value is -1.50. The third-order valence-electron chi connectivity index (χ3n) is 3.86. The summed E-state index contributed by atoms with van der Waals surface area (Å²) < 4.78 is 1.42. The van der Waals surface area contributed by atoms with Crippen molar-refractivity contribution in [1.82, 2.24) is 0 Å². The minimum absolute atomic E-state index is 0.369. The molecule has 0 radical (unpaired) electrons. The van der Waals surface area contributed by atoms with E-state index in [4.69, 9.17) is 23.2 Å². The Morgan fingerprint density at radius 1 is 0.760 bits per heavy atom. The van der Waals surface area contributed by atoms with E-state index in [0.717, 1.165) is 20.9 Å². The van der Waals surface area contributed by atoms with Crippen LogP contribution in [0.25, 0.3) is 6.08 Å². The molecule has 0 saturated carbocycles. The molecule has 0 bridgehead atoms. The van der Waals surface area contributed by atoms with Crippen molar-refractivity contribution in [1.29, 1.82) is 0 Å². The van der Waals surface area contributed by atoms with Crippen molar-refractivity contribution in [2.75, 3.05) is 0 Å². The van der Waals surface area contributed by atoms with Gasteiger partial charge >= 0.3 is 166 Å². The average molecular weight is 432 g/mol. The van der Waals surface area contributed by atoms with Gasteiger partial charge < -0.3 is 0 Å². The van der Waals surface area contributed by atoms with Gasteiger partial charge in [0.05, 0.1) is 0 Å². The predicted molar refractivity (Wildman–Crippen MR) is 111 cm³/mol. The molecular weight excluding hydrogens is 414 g/mol. The molecule has 0 fully saturated rings. The summed E-state index contributed by atoms with van der Waals surface area (Å²) in [5, 5.41) is 2.65. The number of halogens is 2. The molecule has 126 valence electrons. The second kappa shape index (κ2) is 9.27. The quantitative estimate of drug-likeness (QED) is 0.405. The molecule has 3 heteroatoms. The maximum atomic E-state index is 6.05. The van der Waals surface area contributed by atoms with Crippen LogP contribution >= 0.6 is 23.2 Å². The minimum atomic E-state index is 0.369. The van der Waals surface area contributed by atoms with Crippen LogP contribution in [-0.4, -0.2) is 15.0 Å². The predicted octanol–water partition coefficient (Wildman–Crippen LogP) is 6.24. The molecule has 0 heterocycles. The van der Waals surface area contributed by atoms with E-state index in [1.807, 2.05) is 36.4 Å². The molecule has 0 saturated heterocycles. The van der Waals surface area contributed by atoms with E-state index in [1.165, 1.54) is 10.0 Å². The van der Waals surface area contributed by atoms with Crippen molar-refractivity contribution in [3.63, 3.8) is 0 Å². The Balaban J connectivity index is 1.78. The summed E-state index contributed by atoms with van der Waals surface area (Å²) in [6, 6.07) is 26.8. The van der Waals surface area contributed by atoms with E-state index in [1.54, 1.807) is 0 Å². The molecule has 0 spiro atoms. The maximum absolute atomic E-state index is 6.05. The van der Waals surface area contributed by atoms with Crippen LogP contribution in [0.3, 0.4) is 0 Å². The van der Waals surface area contributed by atoms with Crippen molar-refractivity contribution in [2.45, 2.75) is 11.2 Å². The van der Waals surface area contributed by atoms with Crippen LogP contribution in [0.5, 0.6) is 0 Å². The summed E-state index contributed by atoms with van der Waals surface area (Å²) in [5.41, 5.74) is 2.46. The Kier molecular flexibility index (Phi) is 6.78. The summed E-state index contributed by atoms with van der Waals surface area (Å²) in [4.78, 5) is 0. The van der Waals surface area contributed by atoms with Gasteiger partial charge in [0.25, 0.3) is 0 Å². The van der Waals surface area contributed by atoms with Gasteiger partial charge in [-0.25, -0.2) is 0 Å². The Labute approximate surface area is 165 Å². The average Bonchev–Trinajstić information content (AvgIpc) is 2.65. The van der Waals surface area contributed by atoms with Crippen LogP contribution in [0.4, 0.5) is 0 Å². The molecule has 0 N–H and O–H groups in total. The fourth-order valence-electron chi connectivity index (χ4n) is 2.48. The normalized spacial score (nSPS) is 12.4. The van der Waals surface area contributed by atoms with E-state index in [2.05, 4.69) is 54.6 Å². The van der Waals surface area contributed by atoms with Gasteiger partial charge in [0, 0.05) is 0 Å². The third-order valence-corrected chi connectivity index (χ3v) is 6.74. The molecule has 1 atom stereocenters. The van der Waals surface area contributed by atoms with Gasteiger partial charge in [0.2, 0.25) is 0 Å². The Morgan fingerprint density at radius 3 is 2.00 bits per heavy atom. The molecular formula is C22H18Cl2Se. The first-order valence-corrected chi connectivity index (χ1v) is 10.9. The van der Waals surface area contributed by atoms with Crippen LogP contribution < -0.4 is 4.46 Å². The molecule has 0 nitrogen and oxygen atoms in total. The number of rotatable bonds is 6. The van der Waals surface area contributed by atoms with Crippen LogP contribution in [0, 0.1) is 0 Å². The van der Waals surface area contributed by atoms with Crippen molar-refractivity contribution < 1.29 is 0 Å². The molecule has 3 aromatic rings. The molecule has 3 rings (SSSR count). The summed E-state index contributed by atoms with van der Waals surface area (Å²) in [7, 11) is 0. The monoisotopic (exact) mass is 432 g/mol. The van der Waals surface area contributed by atoms with Gasteiger partial charge in [-0.1, -0.05) is 0 Å². The standard InChI is InChI=1S/C22H18Cl2Se/c23-20-12-7-17(8-13-20)6-9-19(18-10-14-21(24)15-11-18)16-25-22-4-2-1-3-5-22/h1-15,19H,16H2/b9-6+. The Morgan fingerprint density at radius 2 is 1.36 bits per heavy atom. The second-order valence-electron chi connectivity index (χ2n) is 5.69. The topological polar surface area (TPSA) is 0 Å². The van der Waals surface area contributed by atoms with Gasteiger partial charge in [0.15, 0.2) is 0 Å². The first kappa shape index (κ1) is 18.3. The zero-order valence-electron chi connectivity index (χ0n) is 13.6. The van der Waals surface area contributed by atoms with E-state index in [0.29, 0.717) is 20.9 Å². The first-order chi connectivity index (χ1) is 12.2. The number of hydrogen-bond acceptors (Lipinski definition) is 0. The van der Waals surface area contributed by atoms with Gasteiger partial charge in [0.1, 0.15) is 0 Å². The van der Waals surface area contributed by atoms with Crippen molar-refractivity contribution in [3.8, 4) is 0 Å². The molecule has 3 aromatic carbocycles. The molecule has 0 aromatic heterocycles. The zero-order chi connectivity index (χ0) is 17.5. The fraction of sp³-hybridized carbons (Fsp3) is 0.0909. The van der Waals surface area contributed by atoms with Gasteiger partial charge in [-0.05, 0) is 0 Å². The number of hydrogen-bond donors (Lipinski definition) is 0. The van der Waals surface area contributed by atoms with Crippen LogP contribution in [0.1, 0.15) is 17.0 Å². The SMILES string of the molecule is Clc1ccc(/C=C/C(C[Se]c2ccccc2)c2ccc(Cl)cc2)cc1. The zero-order valence-corrected chi connectivity index (χ0v) is 16.8. The van der Waals surface area contributed by atoms with Gasteiger partial charge in [-0.15, -0.1) is 0 Å². The summed E-state index contributed by atoms with van der Waals surface area (Å²) >= 11 is 12.4. The molecule has 0 aliphatic carbocycles. The van der Waals surface area contributed by atoms with E-state index < -0.39 is 0 Å². The van der Waals surface area contributed by atoms with E-state index in [-0.39, 0.29) is 0 Å². The Bertz CT molecular complexity index is 809. The molecule has 25 heavy (non-hydrogen) atoms. The number of allylic oxidation sites excluding steroid dienone is 1. The van der Waals surface area contributed by atoms with Crippen molar-refractivity contribution >= 4 is 48.7 Å². The fourth-order valence-corrected chi connectivity index (χ4v) is 4.88. The van der Waals surface area contributed by atoms with E-state index >= 15 is 0 Å². The van der Waals surface area contributed by atoms with Gasteiger partial charge in [-0.2, -0.15) is 0 Å². The summed E-state index contributed by atoms with van der Waals surface area (Å²) in [6.45, 7) is 0. The van der Waals surface area contributed by atoms with Crippen LogP contribution in [0.15, 0.2) is 84.9 Å².